The first-order chi connectivity index (χ1) is 17.5. The van der Waals surface area contributed by atoms with E-state index in [4.69, 9.17) is 11.6 Å². The van der Waals surface area contributed by atoms with Crippen molar-refractivity contribution in [3.05, 3.63) is 82.8 Å². The number of hydrogen-bond acceptors (Lipinski definition) is 6. The Bertz CT molecular complexity index is 1540. The number of halogens is 2. The summed E-state index contributed by atoms with van der Waals surface area (Å²) in [7, 11) is 0. The fourth-order valence-electron chi connectivity index (χ4n) is 4.50. The molecule has 4 aromatic heterocycles. The molecule has 0 unspecified atom stereocenters. The molecule has 1 aliphatic rings. The van der Waals surface area contributed by atoms with Crippen LogP contribution in [0.15, 0.2) is 55.4 Å². The quantitative estimate of drug-likeness (QED) is 0.263. The summed E-state index contributed by atoms with van der Waals surface area (Å²) >= 11 is 6.08. The molecule has 4 heterocycles. The monoisotopic (exact) mass is 505 g/mol. The van der Waals surface area contributed by atoms with E-state index in [0.29, 0.717) is 22.9 Å². The van der Waals surface area contributed by atoms with E-state index >= 15 is 4.39 Å². The van der Waals surface area contributed by atoms with Crippen molar-refractivity contribution in [1.82, 2.24) is 40.2 Å². The number of tetrazole rings is 1. The van der Waals surface area contributed by atoms with Crippen molar-refractivity contribution in [2.24, 2.45) is 5.92 Å². The van der Waals surface area contributed by atoms with Crippen LogP contribution in [0.25, 0.3) is 27.9 Å². The number of aromatic nitrogens is 9. The number of H-pyrrole nitrogens is 1. The molecule has 12 heteroatoms. The minimum absolute atomic E-state index is 0.0615. The number of benzene rings is 1. The molecule has 1 aromatic carbocycles. The van der Waals surface area contributed by atoms with Gasteiger partial charge in [-0.25, -0.2) is 4.39 Å². The first kappa shape index (κ1) is 22.4. The van der Waals surface area contributed by atoms with Crippen LogP contribution in [0.3, 0.4) is 0 Å². The van der Waals surface area contributed by atoms with Crippen molar-refractivity contribution >= 4 is 11.6 Å². The number of aromatic amines is 1. The molecule has 0 aliphatic heterocycles. The normalized spacial score (nSPS) is 14.3. The van der Waals surface area contributed by atoms with E-state index in [0.717, 1.165) is 40.8 Å². The molecular weight excluding hydrogens is 485 g/mol. The molecule has 6 rings (SSSR count). The Morgan fingerprint density at radius 2 is 2.08 bits per heavy atom. The topological polar surface area (TPSA) is 117 Å². The second-order valence-electron chi connectivity index (χ2n) is 8.99. The summed E-state index contributed by atoms with van der Waals surface area (Å²) in [6.45, 7) is 1.95. The van der Waals surface area contributed by atoms with Gasteiger partial charge in [0, 0.05) is 29.1 Å². The molecule has 10 nitrogen and oxygen atoms in total. The number of aryl methyl sites for hydroxylation is 1. The van der Waals surface area contributed by atoms with Crippen LogP contribution in [0.5, 0.6) is 0 Å². The van der Waals surface area contributed by atoms with E-state index in [2.05, 4.69) is 30.8 Å². The first-order valence-corrected chi connectivity index (χ1v) is 11.9. The van der Waals surface area contributed by atoms with E-state index < -0.39 is 5.82 Å². The Morgan fingerprint density at radius 3 is 2.78 bits per heavy atom. The first-order valence-electron chi connectivity index (χ1n) is 11.5. The second kappa shape index (κ2) is 8.83. The minimum atomic E-state index is -0.654. The van der Waals surface area contributed by atoms with Crippen molar-refractivity contribution in [2.75, 3.05) is 0 Å². The summed E-state index contributed by atoms with van der Waals surface area (Å²) in [5.41, 5.74) is 4.22. The van der Waals surface area contributed by atoms with Crippen LogP contribution in [0.2, 0.25) is 5.02 Å². The van der Waals surface area contributed by atoms with Crippen molar-refractivity contribution < 1.29 is 9.12 Å². The van der Waals surface area contributed by atoms with Gasteiger partial charge in [-0.2, -0.15) is 19.6 Å². The van der Waals surface area contributed by atoms with Gasteiger partial charge in [0.25, 0.3) is 0 Å². The summed E-state index contributed by atoms with van der Waals surface area (Å²) in [5.74, 6) is -0.117. The highest BCUT2D eigenvalue weighted by molar-refractivity contribution is 6.31. The molecule has 0 bridgehead atoms. The van der Waals surface area contributed by atoms with Gasteiger partial charge in [0.2, 0.25) is 5.69 Å². The van der Waals surface area contributed by atoms with E-state index in [-0.39, 0.29) is 16.6 Å². The highest BCUT2D eigenvalue weighted by atomic mass is 35.5. The van der Waals surface area contributed by atoms with Gasteiger partial charge in [-0.05, 0) is 47.9 Å². The van der Waals surface area contributed by atoms with Gasteiger partial charge < -0.3 is 5.21 Å². The molecule has 0 saturated heterocycles. The molecule has 1 saturated carbocycles. The zero-order valence-corrected chi connectivity index (χ0v) is 20.0. The summed E-state index contributed by atoms with van der Waals surface area (Å²) in [6, 6.07) is 6.22. The van der Waals surface area contributed by atoms with E-state index in [1.165, 1.54) is 23.3 Å². The smallest absolute Gasteiger partial charge is 0.217 e. The fourth-order valence-corrected chi connectivity index (χ4v) is 4.66. The van der Waals surface area contributed by atoms with Crippen LogP contribution >= 0.6 is 11.6 Å². The van der Waals surface area contributed by atoms with Crippen molar-refractivity contribution in [2.45, 2.75) is 32.2 Å². The third-order valence-corrected chi connectivity index (χ3v) is 6.85. The molecule has 0 amide bonds. The van der Waals surface area contributed by atoms with Gasteiger partial charge in [-0.1, -0.05) is 24.4 Å². The van der Waals surface area contributed by atoms with Crippen LogP contribution < -0.4 is 4.73 Å². The van der Waals surface area contributed by atoms with Crippen molar-refractivity contribution in [3.8, 4) is 27.9 Å². The van der Waals surface area contributed by atoms with Crippen LogP contribution in [0.1, 0.15) is 36.7 Å². The minimum Gasteiger partial charge on any atom is -0.618 e. The molecule has 1 N–H and O–H groups in total. The van der Waals surface area contributed by atoms with Gasteiger partial charge in [0.15, 0.2) is 12.0 Å². The lowest BCUT2D eigenvalue weighted by Crippen LogP contribution is -2.35. The number of pyridine rings is 1. The molecular formula is C24H21ClFN9O. The molecule has 5 aromatic rings. The lowest BCUT2D eigenvalue weighted by Gasteiger charge is -2.18. The second-order valence-corrected chi connectivity index (χ2v) is 9.40. The molecule has 0 radical (unpaired) electrons. The van der Waals surface area contributed by atoms with E-state index in [9.17, 15) is 5.21 Å². The third kappa shape index (κ3) is 4.01. The lowest BCUT2D eigenvalue weighted by molar-refractivity contribution is -0.615. The molecule has 1 atom stereocenters. The maximum absolute atomic E-state index is 15.2. The number of rotatable bonds is 7. The highest BCUT2D eigenvalue weighted by Gasteiger charge is 2.32. The van der Waals surface area contributed by atoms with E-state index in [1.54, 1.807) is 30.6 Å². The number of nitrogens with zero attached hydrogens (tertiary/aromatic N) is 8. The molecule has 36 heavy (non-hydrogen) atoms. The predicted octanol–water partition coefficient (Wildman–Crippen LogP) is 4.04. The fraction of sp³-hybridized carbons (Fsp3) is 0.250. The molecule has 1 fully saturated rings. The Hall–Kier alpha value is -4.12. The van der Waals surface area contributed by atoms with Gasteiger partial charge in [-0.15, -0.1) is 5.10 Å². The van der Waals surface area contributed by atoms with Crippen LogP contribution in [-0.4, -0.2) is 40.2 Å². The molecule has 1 aliphatic carbocycles. The average molecular weight is 506 g/mol. The van der Waals surface area contributed by atoms with Crippen LogP contribution in [0, 0.1) is 23.9 Å². The maximum Gasteiger partial charge on any atom is 0.217 e. The Labute approximate surface area is 209 Å². The van der Waals surface area contributed by atoms with Gasteiger partial charge in [-0.3, -0.25) is 9.78 Å². The van der Waals surface area contributed by atoms with Crippen LogP contribution in [0.4, 0.5) is 4.39 Å². The number of hydrogen-bond donors (Lipinski definition) is 1. The van der Waals surface area contributed by atoms with Gasteiger partial charge in [0.05, 0.1) is 34.2 Å². The Morgan fingerprint density at radius 1 is 1.22 bits per heavy atom. The predicted molar refractivity (Wildman–Crippen MR) is 129 cm³/mol. The van der Waals surface area contributed by atoms with Gasteiger partial charge in [0.1, 0.15) is 12.4 Å². The zero-order chi connectivity index (χ0) is 24.8. The molecule has 0 spiro atoms. The third-order valence-electron chi connectivity index (χ3n) is 6.56. The number of nitrogens with one attached hydrogen (secondary N) is 1. The summed E-state index contributed by atoms with van der Waals surface area (Å²) in [5, 5.41) is 36.0. The highest BCUT2D eigenvalue weighted by Crippen LogP contribution is 2.39. The SMILES string of the molecule is Cc1[nH]ncc1-c1cnn([C@@H](CC2CC2)c2ccc(-c3c(-n4cnnn4)ccc(Cl)c3F)c[n+]2[O-])c1. The molecule has 182 valence electrons. The Kier molecular flexibility index (Phi) is 5.48. The van der Waals surface area contributed by atoms with Crippen LogP contribution in [-0.2, 0) is 0 Å². The van der Waals surface area contributed by atoms with E-state index in [1.807, 2.05) is 17.8 Å². The van der Waals surface area contributed by atoms with Crippen molar-refractivity contribution in [1.29, 1.82) is 0 Å². The summed E-state index contributed by atoms with van der Waals surface area (Å²) in [4.78, 5) is 0. The summed E-state index contributed by atoms with van der Waals surface area (Å²) < 4.78 is 19.1. The largest absolute Gasteiger partial charge is 0.618 e. The maximum atomic E-state index is 15.2. The lowest BCUT2D eigenvalue weighted by atomic mass is 10.0. The van der Waals surface area contributed by atoms with Crippen molar-refractivity contribution in [3.63, 3.8) is 0 Å². The standard InChI is InChI=1S/C24H21ClFN9O/c1-14-18(10-27-30-14)17-9-29-33(11-17)22(8-15-2-3-15)20-6-4-16(12-35(20)36)23-21(34-13-28-31-32-34)7-5-19(25)24(23)26/h4-7,9-13,15,22H,2-3,8H2,1H3,(H,27,30)/t22-/m0/s1. The Balaban J connectivity index is 1.41. The zero-order valence-electron chi connectivity index (χ0n) is 19.2. The van der Waals surface area contributed by atoms with Gasteiger partial charge >= 0.3 is 0 Å². The summed E-state index contributed by atoms with van der Waals surface area (Å²) in [6.07, 6.45) is 11.2. The average Bonchev–Trinajstić information content (AvgIpc) is 3.24.